The molecule has 0 aliphatic rings. The number of rotatable bonds is 55. The smallest absolute Gasteiger partial charge is 0.305 e. The average Bonchev–Trinajstić information content (AvgIpc) is 3.32. The van der Waals surface area contributed by atoms with Crippen molar-refractivity contribution in [2.24, 2.45) is 0 Å². The molecule has 6 nitrogen and oxygen atoms in total. The van der Waals surface area contributed by atoms with E-state index in [1.54, 1.807) is 6.08 Å². The van der Waals surface area contributed by atoms with Gasteiger partial charge in [0, 0.05) is 12.8 Å². The average molecular weight is 931 g/mol. The molecule has 0 rings (SSSR count). The predicted molar refractivity (Wildman–Crippen MR) is 287 cm³/mol. The molecule has 3 N–H and O–H groups in total. The van der Waals surface area contributed by atoms with E-state index < -0.39 is 12.1 Å². The van der Waals surface area contributed by atoms with Gasteiger partial charge in [-0.3, -0.25) is 9.59 Å². The maximum atomic E-state index is 12.4. The normalized spacial score (nSPS) is 12.7. The third-order valence-corrected chi connectivity index (χ3v) is 13.7. The molecule has 0 aromatic heterocycles. The maximum Gasteiger partial charge on any atom is 0.305 e. The van der Waals surface area contributed by atoms with E-state index in [1.165, 1.54) is 238 Å². The van der Waals surface area contributed by atoms with Crippen LogP contribution in [-0.4, -0.2) is 47.4 Å². The number of ether oxygens (including phenoxy) is 1. The highest BCUT2D eigenvalue weighted by atomic mass is 16.5. The van der Waals surface area contributed by atoms with Gasteiger partial charge >= 0.3 is 5.97 Å². The monoisotopic (exact) mass is 930 g/mol. The molecular formula is C60H115NO5. The van der Waals surface area contributed by atoms with Crippen LogP contribution in [0.2, 0.25) is 0 Å². The zero-order chi connectivity index (χ0) is 47.9. The highest BCUT2D eigenvalue weighted by molar-refractivity contribution is 5.76. The van der Waals surface area contributed by atoms with Gasteiger partial charge in [-0.05, 0) is 57.8 Å². The minimum atomic E-state index is -0.852. The van der Waals surface area contributed by atoms with E-state index in [0.717, 1.165) is 57.8 Å². The fourth-order valence-corrected chi connectivity index (χ4v) is 9.16. The van der Waals surface area contributed by atoms with Crippen molar-refractivity contribution in [3.05, 3.63) is 24.3 Å². The molecule has 66 heavy (non-hydrogen) atoms. The number of aliphatic hydroxyl groups excluding tert-OH is 2. The number of unbranched alkanes of at least 4 members (excludes halogenated alkanes) is 42. The van der Waals surface area contributed by atoms with Crippen LogP contribution in [0.4, 0.5) is 0 Å². The van der Waals surface area contributed by atoms with Crippen LogP contribution in [0.25, 0.3) is 0 Å². The van der Waals surface area contributed by atoms with Gasteiger partial charge in [0.2, 0.25) is 5.91 Å². The number of hydrogen-bond acceptors (Lipinski definition) is 5. The predicted octanol–water partition coefficient (Wildman–Crippen LogP) is 18.2. The van der Waals surface area contributed by atoms with Gasteiger partial charge in [-0.1, -0.05) is 276 Å². The quantitative estimate of drug-likeness (QED) is 0.0321. The third kappa shape index (κ3) is 51.7. The van der Waals surface area contributed by atoms with Crippen molar-refractivity contribution in [1.29, 1.82) is 0 Å². The summed E-state index contributed by atoms with van der Waals surface area (Å²) in [6, 6.07) is -0.637. The summed E-state index contributed by atoms with van der Waals surface area (Å²) in [7, 11) is 0. The summed E-state index contributed by atoms with van der Waals surface area (Å²) in [4.78, 5) is 24.5. The van der Waals surface area contributed by atoms with Gasteiger partial charge in [0.25, 0.3) is 0 Å². The summed E-state index contributed by atoms with van der Waals surface area (Å²) < 4.78 is 5.49. The highest BCUT2D eigenvalue weighted by Gasteiger charge is 2.18. The molecule has 2 atom stereocenters. The van der Waals surface area contributed by atoms with Crippen LogP contribution in [0.5, 0.6) is 0 Å². The Bertz CT molecular complexity index is 1030. The number of esters is 1. The van der Waals surface area contributed by atoms with Crippen molar-refractivity contribution in [2.45, 2.75) is 334 Å². The molecule has 6 heteroatoms. The Hall–Kier alpha value is -1.66. The van der Waals surface area contributed by atoms with Crippen LogP contribution in [-0.2, 0) is 14.3 Å². The largest absolute Gasteiger partial charge is 0.466 e. The van der Waals surface area contributed by atoms with Gasteiger partial charge in [-0.15, -0.1) is 0 Å². The molecule has 0 aliphatic carbocycles. The lowest BCUT2D eigenvalue weighted by molar-refractivity contribution is -0.143. The Morgan fingerprint density at radius 1 is 0.409 bits per heavy atom. The first-order chi connectivity index (χ1) is 32.5. The molecule has 0 saturated carbocycles. The van der Waals surface area contributed by atoms with E-state index in [4.69, 9.17) is 4.74 Å². The SMILES string of the molecule is CCCCCCCCCCCCC/C=C/C(O)C(CO)NC(=O)CCCCCCC/C=C\CCCCCCCCCCCOC(=O)CCCCCCCCCCCCCCCCCCCC. The van der Waals surface area contributed by atoms with Crippen molar-refractivity contribution in [3.8, 4) is 0 Å². The summed E-state index contributed by atoms with van der Waals surface area (Å²) in [5, 5.41) is 23.0. The molecule has 0 spiro atoms. The molecule has 0 aromatic rings. The van der Waals surface area contributed by atoms with Gasteiger partial charge in [-0.2, -0.15) is 0 Å². The molecule has 1 amide bonds. The molecule has 0 heterocycles. The Morgan fingerprint density at radius 3 is 1.08 bits per heavy atom. The van der Waals surface area contributed by atoms with E-state index in [9.17, 15) is 19.8 Å². The van der Waals surface area contributed by atoms with Crippen LogP contribution in [0.15, 0.2) is 24.3 Å². The number of nitrogens with one attached hydrogen (secondary N) is 1. The summed E-state index contributed by atoms with van der Waals surface area (Å²) in [5.41, 5.74) is 0. The fourth-order valence-electron chi connectivity index (χ4n) is 9.16. The molecule has 2 unspecified atom stereocenters. The van der Waals surface area contributed by atoms with Crippen LogP contribution in [0.3, 0.4) is 0 Å². The van der Waals surface area contributed by atoms with Crippen LogP contribution in [0, 0.1) is 0 Å². The second-order valence-corrected chi connectivity index (χ2v) is 20.3. The first-order valence-electron chi connectivity index (χ1n) is 29.6. The molecule has 390 valence electrons. The Labute approximate surface area is 411 Å². The minimum Gasteiger partial charge on any atom is -0.466 e. The molecule has 0 aromatic carbocycles. The van der Waals surface area contributed by atoms with E-state index in [2.05, 4.69) is 31.3 Å². The Balaban J connectivity index is 3.43. The third-order valence-electron chi connectivity index (χ3n) is 13.7. The summed E-state index contributed by atoms with van der Waals surface area (Å²) in [6.07, 6.45) is 67.8. The number of aliphatic hydroxyl groups is 2. The van der Waals surface area contributed by atoms with Crippen molar-refractivity contribution in [1.82, 2.24) is 5.32 Å². The van der Waals surface area contributed by atoms with E-state index in [-0.39, 0.29) is 18.5 Å². The molecular weight excluding hydrogens is 815 g/mol. The number of carbonyl (C=O) groups is 2. The molecule has 0 radical (unpaired) electrons. The Morgan fingerprint density at radius 2 is 0.712 bits per heavy atom. The molecule has 0 fully saturated rings. The lowest BCUT2D eigenvalue weighted by atomic mass is 10.0. The second-order valence-electron chi connectivity index (χ2n) is 20.3. The van der Waals surface area contributed by atoms with Gasteiger partial charge in [0.1, 0.15) is 0 Å². The summed E-state index contributed by atoms with van der Waals surface area (Å²) in [6.45, 7) is 4.90. The van der Waals surface area contributed by atoms with Crippen LogP contribution in [0.1, 0.15) is 322 Å². The van der Waals surface area contributed by atoms with Gasteiger partial charge in [0.15, 0.2) is 0 Å². The summed E-state index contributed by atoms with van der Waals surface area (Å²) >= 11 is 0. The van der Waals surface area contributed by atoms with Gasteiger partial charge in [-0.25, -0.2) is 0 Å². The number of allylic oxidation sites excluding steroid dienone is 3. The Kier molecular flexibility index (Phi) is 54.5. The topological polar surface area (TPSA) is 95.9 Å². The van der Waals surface area contributed by atoms with E-state index >= 15 is 0 Å². The molecule has 0 saturated heterocycles. The zero-order valence-electron chi connectivity index (χ0n) is 44.4. The minimum absolute atomic E-state index is 0.00658. The standard InChI is InChI=1S/C60H115NO5/c1-3-5-7-9-11-13-15-17-18-19-23-26-30-34-38-42-46-50-54-60(65)66-55-51-47-43-39-35-31-27-24-21-20-22-25-29-33-37-41-45-49-53-59(64)61-57(56-62)58(63)52-48-44-40-36-32-28-16-14-12-10-8-6-4-2/h22,25,48,52,57-58,62-63H,3-21,23-24,26-47,49-51,53-56H2,1-2H3,(H,61,64)/b25-22-,52-48+. The first-order valence-corrected chi connectivity index (χ1v) is 29.6. The van der Waals surface area contributed by atoms with Crippen molar-refractivity contribution >= 4 is 11.9 Å². The zero-order valence-corrected chi connectivity index (χ0v) is 44.4. The number of amides is 1. The van der Waals surface area contributed by atoms with Crippen LogP contribution < -0.4 is 5.32 Å². The van der Waals surface area contributed by atoms with Crippen molar-refractivity contribution < 1.29 is 24.5 Å². The van der Waals surface area contributed by atoms with E-state index in [0.29, 0.717) is 19.4 Å². The van der Waals surface area contributed by atoms with Gasteiger partial charge < -0.3 is 20.3 Å². The maximum absolute atomic E-state index is 12.4. The van der Waals surface area contributed by atoms with Crippen molar-refractivity contribution in [2.75, 3.05) is 13.2 Å². The first kappa shape index (κ1) is 64.3. The molecule has 0 aliphatic heterocycles. The fraction of sp³-hybridized carbons (Fsp3) is 0.900. The number of carbonyl (C=O) groups excluding carboxylic acids is 2. The lowest BCUT2D eigenvalue weighted by Gasteiger charge is -2.20. The van der Waals surface area contributed by atoms with Gasteiger partial charge in [0.05, 0.1) is 25.4 Å². The summed E-state index contributed by atoms with van der Waals surface area (Å²) in [5.74, 6) is -0.0752. The molecule has 0 bridgehead atoms. The van der Waals surface area contributed by atoms with Crippen LogP contribution >= 0.6 is 0 Å². The van der Waals surface area contributed by atoms with E-state index in [1.807, 2.05) is 6.08 Å². The highest BCUT2D eigenvalue weighted by Crippen LogP contribution is 2.17. The lowest BCUT2D eigenvalue weighted by Crippen LogP contribution is -2.45. The van der Waals surface area contributed by atoms with Crippen molar-refractivity contribution in [3.63, 3.8) is 0 Å². The second kappa shape index (κ2) is 55.9. The number of hydrogen-bond donors (Lipinski definition) is 3.